The van der Waals surface area contributed by atoms with Gasteiger partial charge in [-0.3, -0.25) is 0 Å². The van der Waals surface area contributed by atoms with Crippen LogP contribution in [-0.4, -0.2) is 0 Å². The molecule has 0 aromatic carbocycles. The van der Waals surface area contributed by atoms with Gasteiger partial charge in [-0.25, -0.2) is 0 Å². The number of hydrogen-bond acceptors (Lipinski definition) is 0. The molecule has 4 heteroatoms. The molecular formula is CeNdOPr+7. The van der Waals surface area contributed by atoms with Crippen molar-refractivity contribution in [1.82, 2.24) is 0 Å². The van der Waals surface area contributed by atoms with Crippen LogP contribution in [-0.2, 0) is 5.48 Å². The molecule has 0 aliphatic heterocycles. The summed E-state index contributed by atoms with van der Waals surface area (Å²) in [5.41, 5.74) is 0. The van der Waals surface area contributed by atoms with E-state index in [0.717, 1.165) is 0 Å². The summed E-state index contributed by atoms with van der Waals surface area (Å²) in [7, 11) is 0. The monoisotopic (exact) mass is 439 g/mol. The van der Waals surface area contributed by atoms with Gasteiger partial charge < -0.3 is 5.48 Å². The smallest absolute Gasteiger partial charge is 2.00 e. The fraction of sp³-hybridized carbons (Fsp3) is 0. The van der Waals surface area contributed by atoms with Crippen molar-refractivity contribution in [2.24, 2.45) is 0 Å². The van der Waals surface area contributed by atoms with E-state index in [1.165, 1.54) is 0 Å². The first kappa shape index (κ1) is 24.4. The minimum absolute atomic E-state index is 0. The maximum absolute atomic E-state index is 0. The molecule has 0 amide bonds. The van der Waals surface area contributed by atoms with Gasteiger partial charge >= 0.3 is 124 Å². The van der Waals surface area contributed by atoms with Crippen LogP contribution in [0.25, 0.3) is 0 Å². The van der Waals surface area contributed by atoms with E-state index in [1.54, 1.807) is 0 Å². The molecule has 0 heterocycles. The quantitative estimate of drug-likeness (QED) is 0.502. The third-order valence-corrected chi connectivity index (χ3v) is 0. The van der Waals surface area contributed by atoms with Crippen molar-refractivity contribution in [3.05, 3.63) is 0 Å². The topological polar surface area (TPSA) is 28.5 Å². The van der Waals surface area contributed by atoms with Crippen molar-refractivity contribution in [2.45, 2.75) is 0 Å². The van der Waals surface area contributed by atoms with Gasteiger partial charge in [0, 0.05) is 0 Å². The molecule has 0 rings (SSSR count). The second kappa shape index (κ2) is 15.7. The van der Waals surface area contributed by atoms with Gasteiger partial charge in [-0.15, -0.1) is 0 Å². The van der Waals surface area contributed by atoms with Crippen LogP contribution < -0.4 is 0 Å². The summed E-state index contributed by atoms with van der Waals surface area (Å²) in [6.45, 7) is 0. The van der Waals surface area contributed by atoms with Crippen LogP contribution in [0.4, 0.5) is 0 Å². The molecule has 0 saturated heterocycles. The van der Waals surface area contributed by atoms with Crippen LogP contribution in [0.5, 0.6) is 0 Å². The van der Waals surface area contributed by atoms with Crippen LogP contribution in [0.15, 0.2) is 0 Å². The Morgan fingerprint density at radius 2 is 1.00 bits per heavy atom. The molecule has 0 spiro atoms. The maximum atomic E-state index is 0. The first-order valence-corrected chi connectivity index (χ1v) is 0. The molecular weight excluding hydrogens is 441 g/mol. The first-order valence-electron chi connectivity index (χ1n) is 0. The van der Waals surface area contributed by atoms with Gasteiger partial charge in [0.2, 0.25) is 0 Å². The second-order valence-electron chi connectivity index (χ2n) is 0. The summed E-state index contributed by atoms with van der Waals surface area (Å²) in [6, 6.07) is 0. The van der Waals surface area contributed by atoms with Crippen LogP contribution in [0, 0.1) is 124 Å². The minimum Gasteiger partial charge on any atom is -2.00 e. The van der Waals surface area contributed by atoms with Gasteiger partial charge in [0.15, 0.2) is 0 Å². The molecule has 0 aromatic heterocycles. The van der Waals surface area contributed by atoms with Gasteiger partial charge in [-0.1, -0.05) is 0 Å². The van der Waals surface area contributed by atoms with Gasteiger partial charge in [-0.05, 0) is 0 Å². The van der Waals surface area contributed by atoms with E-state index in [-0.39, 0.29) is 129 Å². The van der Waals surface area contributed by atoms with E-state index in [1.807, 2.05) is 0 Å². The first-order chi connectivity index (χ1) is 0. The second-order valence-corrected chi connectivity index (χ2v) is 0. The number of rotatable bonds is 0. The molecule has 0 atom stereocenters. The third kappa shape index (κ3) is 9.41. The van der Waals surface area contributed by atoms with Crippen molar-refractivity contribution in [3.63, 3.8) is 0 Å². The van der Waals surface area contributed by atoms with E-state index < -0.39 is 0 Å². The Balaban J connectivity index is 0. The third-order valence-electron chi connectivity index (χ3n) is 0. The zero-order chi connectivity index (χ0) is 0. The molecule has 0 saturated carbocycles. The normalized spacial score (nSPS) is 0. The summed E-state index contributed by atoms with van der Waals surface area (Å²) in [4.78, 5) is 0. The molecule has 2 radical (unpaired) electrons. The van der Waals surface area contributed by atoms with E-state index in [0.29, 0.717) is 0 Å². The molecule has 0 fully saturated rings. The molecule has 4 heavy (non-hydrogen) atoms. The summed E-state index contributed by atoms with van der Waals surface area (Å²) in [6.07, 6.45) is 0. The molecule has 0 bridgehead atoms. The SMILES string of the molecule is [Ce+3].[Nd+3].[O-2].[Pr+3]. The van der Waals surface area contributed by atoms with E-state index in [4.69, 9.17) is 0 Å². The van der Waals surface area contributed by atoms with Crippen LogP contribution in [0.2, 0.25) is 0 Å². The fourth-order valence-corrected chi connectivity index (χ4v) is 0. The van der Waals surface area contributed by atoms with Crippen molar-refractivity contribution >= 4 is 0 Å². The minimum atomic E-state index is 0. The van der Waals surface area contributed by atoms with Crippen molar-refractivity contribution in [3.8, 4) is 0 Å². The van der Waals surface area contributed by atoms with E-state index in [2.05, 4.69) is 0 Å². The van der Waals surface area contributed by atoms with Gasteiger partial charge in [0.25, 0.3) is 0 Å². The van der Waals surface area contributed by atoms with Crippen LogP contribution >= 0.6 is 0 Å². The van der Waals surface area contributed by atoms with E-state index >= 15 is 0 Å². The van der Waals surface area contributed by atoms with Crippen molar-refractivity contribution in [2.75, 3.05) is 0 Å². The Bertz CT molecular complexity index is 8.00. The Hall–Kier alpha value is 4.05. The summed E-state index contributed by atoms with van der Waals surface area (Å²) < 4.78 is 0. The Labute approximate surface area is 125 Å². The molecule has 10 valence electrons. The molecule has 1 nitrogen and oxygen atoms in total. The molecule has 0 unspecified atom stereocenters. The van der Waals surface area contributed by atoms with Gasteiger partial charge in [-0.2, -0.15) is 0 Å². The average Bonchev–Trinajstić information content (AvgIpc) is 0. The van der Waals surface area contributed by atoms with Crippen molar-refractivity contribution in [1.29, 1.82) is 0 Å². The Morgan fingerprint density at radius 3 is 1.00 bits per heavy atom. The predicted octanol–water partition coefficient (Wildman–Crippen LogP) is -0.119. The van der Waals surface area contributed by atoms with Gasteiger partial charge in [0.1, 0.15) is 0 Å². The predicted molar refractivity (Wildman–Crippen MR) is 0.686 cm³/mol. The molecule has 0 N–H and O–H groups in total. The van der Waals surface area contributed by atoms with Crippen LogP contribution in [0.1, 0.15) is 0 Å². The largest absolute Gasteiger partial charge is 3.00 e. The Kier molecular flexibility index (Phi) is 95.9. The summed E-state index contributed by atoms with van der Waals surface area (Å²) in [5, 5.41) is 0. The fourth-order valence-electron chi connectivity index (χ4n) is 0. The zero-order valence-corrected chi connectivity index (χ0v) is 12.0. The average molecular weight is 441 g/mol. The summed E-state index contributed by atoms with van der Waals surface area (Å²) in [5.74, 6) is 0. The zero-order valence-electron chi connectivity index (χ0n) is 1.99. The van der Waals surface area contributed by atoms with Crippen LogP contribution in [0.3, 0.4) is 0 Å². The van der Waals surface area contributed by atoms with E-state index in [9.17, 15) is 0 Å². The van der Waals surface area contributed by atoms with Crippen molar-refractivity contribution < 1.29 is 129 Å². The maximum Gasteiger partial charge on any atom is 3.00 e. The summed E-state index contributed by atoms with van der Waals surface area (Å²) >= 11 is 0. The number of hydrogen-bond donors (Lipinski definition) is 0. The Morgan fingerprint density at radius 1 is 1.00 bits per heavy atom. The molecule has 0 aromatic rings. The van der Waals surface area contributed by atoms with Gasteiger partial charge in [0.05, 0.1) is 0 Å². The standard InChI is InChI=1S/Ce.Nd.O.Pr/q2*+3;-2;+3. The molecule has 0 aliphatic rings. The molecule has 0 aliphatic carbocycles.